The maximum absolute atomic E-state index is 10.0. The van der Waals surface area contributed by atoms with E-state index in [0.29, 0.717) is 5.69 Å². The fraction of sp³-hybridized carbons (Fsp3) is 0. The van der Waals surface area contributed by atoms with E-state index in [-0.39, 0.29) is 56.6 Å². The molecule has 0 bridgehead atoms. The normalized spacial score (nSPS) is 8.20. The van der Waals surface area contributed by atoms with Crippen molar-refractivity contribution < 1.29 is 46.1 Å². The Morgan fingerprint density at radius 3 is 1.60 bits per heavy atom. The molecule has 0 aliphatic carbocycles. The van der Waals surface area contributed by atoms with Crippen LogP contribution in [0.1, 0.15) is 1.43 Å². The van der Waals surface area contributed by atoms with E-state index in [4.69, 9.17) is 15.9 Å². The molecule has 2 aromatic rings. The van der Waals surface area contributed by atoms with Gasteiger partial charge in [0.05, 0.1) is 4.92 Å². The fourth-order valence-electron chi connectivity index (χ4n) is 1.05. The third kappa shape index (κ3) is 7.68. The maximum atomic E-state index is 10.0. The number of nitrogen functional groups attached to an aromatic ring is 1. The van der Waals surface area contributed by atoms with Gasteiger partial charge in [-0.2, -0.15) is 0 Å². The molecule has 0 heterocycles. The number of nitrogens with two attached hydrogens (primary N) is 1. The van der Waals surface area contributed by atoms with E-state index in [1.54, 1.807) is 24.3 Å². The van der Waals surface area contributed by atoms with Crippen molar-refractivity contribution in [3.8, 4) is 11.5 Å². The van der Waals surface area contributed by atoms with Crippen molar-refractivity contribution in [2.45, 2.75) is 0 Å². The summed E-state index contributed by atoms with van der Waals surface area (Å²) in [5.74, 6) is 0.282. The molecular weight excluding hydrogens is 270 g/mol. The third-order valence-corrected chi connectivity index (χ3v) is 1.95. The zero-order chi connectivity index (χ0) is 13.5. The number of phenolic OH excluding ortho intramolecular Hbond substituents is 2. The van der Waals surface area contributed by atoms with Gasteiger partial charge in [0.2, 0.25) is 0 Å². The Hall–Kier alpha value is -1.70. The number of nitro groups is 1. The van der Waals surface area contributed by atoms with Crippen LogP contribution in [0.3, 0.4) is 0 Å². The van der Waals surface area contributed by atoms with Crippen molar-refractivity contribution in [2.75, 3.05) is 5.73 Å². The molecular formula is C12H13BN2NaO4. The SMILES string of the molecule is Nc1ccc(O)cc1.O=[N+]([O-])c1ccc(O)cc1.[B].[H-].[Na+]. The molecule has 3 radical (unpaired) electrons. The van der Waals surface area contributed by atoms with E-state index in [2.05, 4.69) is 0 Å². The van der Waals surface area contributed by atoms with Crippen LogP contribution in [0, 0.1) is 10.1 Å². The average molecular weight is 283 g/mol. The first kappa shape index (κ1) is 20.6. The molecule has 20 heavy (non-hydrogen) atoms. The number of non-ortho nitro benzene ring substituents is 1. The predicted molar refractivity (Wildman–Crippen MR) is 74.1 cm³/mol. The van der Waals surface area contributed by atoms with Gasteiger partial charge in [-0.25, -0.2) is 0 Å². The maximum Gasteiger partial charge on any atom is 1.00 e. The van der Waals surface area contributed by atoms with E-state index in [0.717, 1.165) is 0 Å². The van der Waals surface area contributed by atoms with Crippen LogP contribution in [-0.4, -0.2) is 23.5 Å². The molecule has 6 nitrogen and oxygen atoms in total. The molecule has 0 aromatic heterocycles. The molecule has 0 aliphatic heterocycles. The largest absolute Gasteiger partial charge is 1.00 e. The Balaban J connectivity index is -0.000000274. The summed E-state index contributed by atoms with van der Waals surface area (Å²) in [4.78, 5) is 9.52. The van der Waals surface area contributed by atoms with Gasteiger partial charge in [-0.05, 0) is 36.4 Å². The second kappa shape index (κ2) is 10.1. The molecule has 0 saturated heterocycles. The molecule has 0 saturated carbocycles. The van der Waals surface area contributed by atoms with Gasteiger partial charge in [-0.1, -0.05) is 0 Å². The summed E-state index contributed by atoms with van der Waals surface area (Å²) < 4.78 is 0. The van der Waals surface area contributed by atoms with E-state index < -0.39 is 4.92 Å². The Labute approximate surface area is 141 Å². The molecule has 0 spiro atoms. The van der Waals surface area contributed by atoms with Crippen molar-refractivity contribution in [1.29, 1.82) is 0 Å². The quantitative estimate of drug-likeness (QED) is 0.205. The van der Waals surface area contributed by atoms with E-state index >= 15 is 0 Å². The van der Waals surface area contributed by atoms with E-state index in [1.165, 1.54) is 24.3 Å². The van der Waals surface area contributed by atoms with Crippen LogP contribution in [-0.2, 0) is 0 Å². The van der Waals surface area contributed by atoms with Crippen LogP contribution in [0.4, 0.5) is 11.4 Å². The van der Waals surface area contributed by atoms with Gasteiger partial charge in [-0.15, -0.1) is 0 Å². The zero-order valence-electron chi connectivity index (χ0n) is 11.9. The molecule has 0 aliphatic rings. The standard InChI is InChI=1S/C6H5NO3.C6H7NO.B.Na.H/c8-6-3-1-5(2-4-6)7(9)10;7-5-1-3-6(8)4-2-5;;;/h1-4,8H;1-4,8H,7H2;;;/q;;;+1;-1. The first-order valence-electron chi connectivity index (χ1n) is 4.97. The van der Waals surface area contributed by atoms with Crippen molar-refractivity contribution in [2.24, 2.45) is 0 Å². The number of hydrogen-bond donors (Lipinski definition) is 3. The number of nitrogens with zero attached hydrogens (tertiary/aromatic N) is 1. The van der Waals surface area contributed by atoms with E-state index in [9.17, 15) is 10.1 Å². The molecule has 99 valence electrons. The van der Waals surface area contributed by atoms with Crippen LogP contribution < -0.4 is 35.3 Å². The second-order valence-corrected chi connectivity index (χ2v) is 3.37. The molecule has 0 unspecified atom stereocenters. The Bertz CT molecular complexity index is 505. The third-order valence-electron chi connectivity index (χ3n) is 1.95. The van der Waals surface area contributed by atoms with Crippen LogP contribution >= 0.6 is 0 Å². The number of benzene rings is 2. The van der Waals surface area contributed by atoms with Crippen LogP contribution in [0.15, 0.2) is 48.5 Å². The fourth-order valence-corrected chi connectivity index (χ4v) is 1.05. The first-order valence-corrected chi connectivity index (χ1v) is 4.97. The van der Waals surface area contributed by atoms with Gasteiger partial charge in [0.15, 0.2) is 0 Å². The van der Waals surface area contributed by atoms with Gasteiger partial charge in [-0.3, -0.25) is 10.1 Å². The molecule has 2 aromatic carbocycles. The van der Waals surface area contributed by atoms with Crippen molar-refractivity contribution in [3.05, 3.63) is 58.6 Å². The topological polar surface area (TPSA) is 110 Å². The Kier molecular flexibility index (Phi) is 10.4. The second-order valence-electron chi connectivity index (χ2n) is 3.37. The smallest absolute Gasteiger partial charge is 1.00 e. The number of anilines is 1. The summed E-state index contributed by atoms with van der Waals surface area (Å²) in [5, 5.41) is 27.5. The van der Waals surface area contributed by atoms with Gasteiger partial charge in [0.25, 0.3) is 5.69 Å². The summed E-state index contributed by atoms with van der Waals surface area (Å²) >= 11 is 0. The summed E-state index contributed by atoms with van der Waals surface area (Å²) in [6, 6.07) is 11.4. The number of rotatable bonds is 1. The first-order chi connectivity index (χ1) is 8.49. The molecule has 8 heteroatoms. The molecule has 4 N–H and O–H groups in total. The Morgan fingerprint density at radius 1 is 0.950 bits per heavy atom. The van der Waals surface area contributed by atoms with Gasteiger partial charge < -0.3 is 17.4 Å². The molecule has 0 amide bonds. The zero-order valence-corrected chi connectivity index (χ0v) is 12.9. The monoisotopic (exact) mass is 283 g/mol. The number of nitro benzene ring substituents is 1. The number of phenols is 2. The van der Waals surface area contributed by atoms with Gasteiger partial charge in [0.1, 0.15) is 11.5 Å². The minimum absolute atomic E-state index is 0. The number of aromatic hydroxyl groups is 2. The summed E-state index contributed by atoms with van der Waals surface area (Å²) in [6.45, 7) is 0. The minimum atomic E-state index is -0.514. The van der Waals surface area contributed by atoms with Gasteiger partial charge in [0, 0.05) is 26.2 Å². The van der Waals surface area contributed by atoms with Crippen molar-refractivity contribution >= 4 is 19.8 Å². The van der Waals surface area contributed by atoms with Crippen LogP contribution in [0.25, 0.3) is 0 Å². The average Bonchev–Trinajstić information content (AvgIpc) is 2.34. The van der Waals surface area contributed by atoms with E-state index in [1.807, 2.05) is 0 Å². The summed E-state index contributed by atoms with van der Waals surface area (Å²) in [6.07, 6.45) is 0. The molecule has 0 fully saturated rings. The molecule has 2 rings (SSSR count). The number of hydrogen-bond acceptors (Lipinski definition) is 5. The van der Waals surface area contributed by atoms with Crippen LogP contribution in [0.5, 0.6) is 11.5 Å². The Morgan fingerprint density at radius 2 is 1.30 bits per heavy atom. The summed E-state index contributed by atoms with van der Waals surface area (Å²) in [7, 11) is 0. The summed E-state index contributed by atoms with van der Waals surface area (Å²) in [5.41, 5.74) is 5.97. The predicted octanol–water partition coefficient (Wildman–Crippen LogP) is -0.990. The van der Waals surface area contributed by atoms with Gasteiger partial charge >= 0.3 is 29.6 Å². The van der Waals surface area contributed by atoms with Crippen molar-refractivity contribution in [3.63, 3.8) is 0 Å². The van der Waals surface area contributed by atoms with Crippen LogP contribution in [0.2, 0.25) is 0 Å². The molecule has 0 atom stereocenters. The minimum Gasteiger partial charge on any atom is -1.00 e. The van der Waals surface area contributed by atoms with Crippen molar-refractivity contribution in [1.82, 2.24) is 0 Å².